The minimum atomic E-state index is -0.464. The Morgan fingerprint density at radius 1 is 1.07 bits per heavy atom. The number of nitrogens with one attached hydrogen (secondary N) is 2. The van der Waals surface area contributed by atoms with Gasteiger partial charge in [-0.1, -0.05) is 24.3 Å². The van der Waals surface area contributed by atoms with E-state index >= 15 is 0 Å². The maximum atomic E-state index is 12.1. The van der Waals surface area contributed by atoms with Crippen LogP contribution in [0.4, 0.5) is 0 Å². The summed E-state index contributed by atoms with van der Waals surface area (Å²) in [6.45, 7) is 0.617. The first kappa shape index (κ1) is 18.0. The van der Waals surface area contributed by atoms with E-state index in [0.717, 1.165) is 18.4 Å². The molecule has 7 heteroatoms. The van der Waals surface area contributed by atoms with Crippen molar-refractivity contribution in [1.82, 2.24) is 15.2 Å². The molecular formula is C21H21N3O4. The van der Waals surface area contributed by atoms with Crippen molar-refractivity contribution in [2.45, 2.75) is 38.4 Å². The van der Waals surface area contributed by atoms with Crippen LogP contribution in [-0.2, 0) is 17.9 Å². The van der Waals surface area contributed by atoms with E-state index in [2.05, 4.69) is 10.6 Å². The number of benzene rings is 2. The second-order valence-electron chi connectivity index (χ2n) is 6.96. The summed E-state index contributed by atoms with van der Waals surface area (Å²) in [5, 5.41) is 5.78. The van der Waals surface area contributed by atoms with E-state index in [4.69, 9.17) is 4.42 Å². The number of oxazole rings is 1. The standard InChI is InChI=1S/C21H21N3O4/c25-19(11-12-24-17-3-1-2-4-18(17)28-21(24)27)22-13-14-5-7-15(8-6-14)20(26)23-16-9-10-16/h1-8,16H,9-13H2,(H,22,25)(H,23,26). The van der Waals surface area contributed by atoms with Crippen molar-refractivity contribution < 1.29 is 14.0 Å². The highest BCUT2D eigenvalue weighted by Gasteiger charge is 2.23. The molecule has 3 aromatic rings. The Morgan fingerprint density at radius 2 is 1.82 bits per heavy atom. The van der Waals surface area contributed by atoms with E-state index in [9.17, 15) is 14.4 Å². The van der Waals surface area contributed by atoms with Crippen LogP contribution in [-0.4, -0.2) is 22.4 Å². The van der Waals surface area contributed by atoms with Gasteiger partial charge in [-0.2, -0.15) is 0 Å². The molecule has 0 atom stereocenters. The van der Waals surface area contributed by atoms with Crippen molar-refractivity contribution in [2.75, 3.05) is 0 Å². The first-order valence-corrected chi connectivity index (χ1v) is 9.35. The van der Waals surface area contributed by atoms with Crippen LogP contribution in [0.15, 0.2) is 57.7 Å². The summed E-state index contributed by atoms with van der Waals surface area (Å²) in [4.78, 5) is 36.0. The fourth-order valence-electron chi connectivity index (χ4n) is 3.00. The summed E-state index contributed by atoms with van der Waals surface area (Å²) >= 11 is 0. The Hall–Kier alpha value is -3.35. The molecule has 0 unspecified atom stereocenters. The van der Waals surface area contributed by atoms with E-state index in [1.165, 1.54) is 4.57 Å². The zero-order chi connectivity index (χ0) is 19.5. The highest BCUT2D eigenvalue weighted by atomic mass is 16.4. The van der Waals surface area contributed by atoms with Gasteiger partial charge in [0.1, 0.15) is 0 Å². The van der Waals surface area contributed by atoms with Crippen LogP contribution in [0.3, 0.4) is 0 Å². The number of fused-ring (bicyclic) bond motifs is 1. The average molecular weight is 379 g/mol. The summed E-state index contributed by atoms with van der Waals surface area (Å²) in [7, 11) is 0. The lowest BCUT2D eigenvalue weighted by molar-refractivity contribution is -0.121. The smallest absolute Gasteiger partial charge is 0.408 e. The number of para-hydroxylation sites is 2. The third-order valence-electron chi connectivity index (χ3n) is 4.75. The second kappa shape index (κ2) is 7.72. The SMILES string of the molecule is O=C(CCn1c(=O)oc2ccccc21)NCc1ccc(C(=O)NC2CC2)cc1. The summed E-state index contributed by atoms with van der Waals surface area (Å²) in [5.41, 5.74) is 2.72. The van der Waals surface area contributed by atoms with Crippen molar-refractivity contribution in [3.8, 4) is 0 Å². The van der Waals surface area contributed by atoms with E-state index in [1.807, 2.05) is 18.2 Å². The van der Waals surface area contributed by atoms with E-state index in [-0.39, 0.29) is 24.8 Å². The molecule has 0 radical (unpaired) electrons. The van der Waals surface area contributed by atoms with E-state index in [0.29, 0.717) is 29.2 Å². The highest BCUT2D eigenvalue weighted by Crippen LogP contribution is 2.19. The van der Waals surface area contributed by atoms with Crippen molar-refractivity contribution in [3.63, 3.8) is 0 Å². The third-order valence-corrected chi connectivity index (χ3v) is 4.75. The maximum Gasteiger partial charge on any atom is 0.419 e. The molecule has 0 bridgehead atoms. The molecular weight excluding hydrogens is 358 g/mol. The predicted octanol–water partition coefficient (Wildman–Crippen LogP) is 2.19. The number of nitrogens with zero attached hydrogens (tertiary/aromatic N) is 1. The van der Waals surface area contributed by atoms with Crippen LogP contribution in [0.5, 0.6) is 0 Å². The summed E-state index contributed by atoms with van der Waals surface area (Å²) < 4.78 is 6.62. The quantitative estimate of drug-likeness (QED) is 0.658. The lowest BCUT2D eigenvalue weighted by Crippen LogP contribution is -2.26. The molecule has 0 aliphatic heterocycles. The van der Waals surface area contributed by atoms with Crippen molar-refractivity contribution in [3.05, 3.63) is 70.2 Å². The first-order chi connectivity index (χ1) is 13.6. The zero-order valence-electron chi connectivity index (χ0n) is 15.3. The number of hydrogen-bond acceptors (Lipinski definition) is 4. The normalized spacial score (nSPS) is 13.4. The van der Waals surface area contributed by atoms with Gasteiger partial charge in [-0.05, 0) is 42.7 Å². The lowest BCUT2D eigenvalue weighted by atomic mass is 10.1. The minimum Gasteiger partial charge on any atom is -0.408 e. The molecule has 2 N–H and O–H groups in total. The third kappa shape index (κ3) is 4.14. The molecule has 2 aromatic carbocycles. The van der Waals surface area contributed by atoms with Gasteiger partial charge in [-0.25, -0.2) is 4.79 Å². The van der Waals surface area contributed by atoms with Gasteiger partial charge < -0.3 is 15.1 Å². The van der Waals surface area contributed by atoms with Crippen LogP contribution < -0.4 is 16.4 Å². The fourth-order valence-corrected chi connectivity index (χ4v) is 3.00. The van der Waals surface area contributed by atoms with Gasteiger partial charge in [0.25, 0.3) is 5.91 Å². The zero-order valence-corrected chi connectivity index (χ0v) is 15.3. The van der Waals surface area contributed by atoms with Gasteiger partial charge in [-0.3, -0.25) is 14.2 Å². The number of aryl methyl sites for hydroxylation is 1. The molecule has 1 aromatic heterocycles. The fraction of sp³-hybridized carbons (Fsp3) is 0.286. The predicted molar refractivity (Wildman–Crippen MR) is 104 cm³/mol. The van der Waals surface area contributed by atoms with Gasteiger partial charge in [0.05, 0.1) is 5.52 Å². The molecule has 1 heterocycles. The Balaban J connectivity index is 1.29. The molecule has 2 amide bonds. The summed E-state index contributed by atoms with van der Waals surface area (Å²) in [6.07, 6.45) is 2.28. The van der Waals surface area contributed by atoms with Gasteiger partial charge >= 0.3 is 5.76 Å². The number of amides is 2. The first-order valence-electron chi connectivity index (χ1n) is 9.35. The maximum absolute atomic E-state index is 12.1. The molecule has 144 valence electrons. The van der Waals surface area contributed by atoms with Crippen LogP contribution in [0.1, 0.15) is 35.2 Å². The Labute approximate surface area is 161 Å². The molecule has 1 aliphatic carbocycles. The van der Waals surface area contributed by atoms with Crippen LogP contribution in [0.25, 0.3) is 11.1 Å². The van der Waals surface area contributed by atoms with Gasteiger partial charge in [0.2, 0.25) is 5.91 Å². The van der Waals surface area contributed by atoms with Crippen LogP contribution >= 0.6 is 0 Å². The van der Waals surface area contributed by atoms with E-state index in [1.54, 1.807) is 30.3 Å². The lowest BCUT2D eigenvalue weighted by Gasteiger charge is -2.07. The van der Waals surface area contributed by atoms with Crippen molar-refractivity contribution >= 4 is 22.9 Å². The largest absolute Gasteiger partial charge is 0.419 e. The van der Waals surface area contributed by atoms with E-state index < -0.39 is 5.76 Å². The summed E-state index contributed by atoms with van der Waals surface area (Å²) in [6, 6.07) is 14.6. The summed E-state index contributed by atoms with van der Waals surface area (Å²) in [5.74, 6) is -0.683. The average Bonchev–Trinajstić information content (AvgIpc) is 3.46. The molecule has 0 spiro atoms. The number of rotatable bonds is 7. The van der Waals surface area contributed by atoms with Crippen LogP contribution in [0.2, 0.25) is 0 Å². The molecule has 0 saturated heterocycles. The molecule has 7 nitrogen and oxygen atoms in total. The number of carbonyl (C=O) groups is 2. The number of aromatic nitrogens is 1. The van der Waals surface area contributed by atoms with Crippen molar-refractivity contribution in [2.24, 2.45) is 0 Å². The Morgan fingerprint density at radius 3 is 2.57 bits per heavy atom. The highest BCUT2D eigenvalue weighted by molar-refractivity contribution is 5.94. The van der Waals surface area contributed by atoms with Gasteiger partial charge in [0, 0.05) is 31.1 Å². The molecule has 1 aliphatic rings. The monoisotopic (exact) mass is 379 g/mol. The second-order valence-corrected chi connectivity index (χ2v) is 6.96. The molecule has 1 fully saturated rings. The van der Waals surface area contributed by atoms with Crippen LogP contribution in [0, 0.1) is 0 Å². The molecule has 4 rings (SSSR count). The van der Waals surface area contributed by atoms with Crippen molar-refractivity contribution in [1.29, 1.82) is 0 Å². The number of carbonyl (C=O) groups excluding carboxylic acids is 2. The Bertz CT molecular complexity index is 1060. The minimum absolute atomic E-state index is 0.0594. The Kier molecular flexibility index (Phi) is 4.97. The molecule has 1 saturated carbocycles. The topological polar surface area (TPSA) is 93.3 Å². The van der Waals surface area contributed by atoms with Gasteiger partial charge in [0.15, 0.2) is 5.58 Å². The van der Waals surface area contributed by atoms with Gasteiger partial charge in [-0.15, -0.1) is 0 Å². The molecule has 28 heavy (non-hydrogen) atoms. The number of hydrogen-bond donors (Lipinski definition) is 2.